The molecule has 0 aromatic carbocycles. The lowest BCUT2D eigenvalue weighted by Gasteiger charge is -2.40. The van der Waals surface area contributed by atoms with Crippen molar-refractivity contribution in [3.63, 3.8) is 0 Å². The summed E-state index contributed by atoms with van der Waals surface area (Å²) in [7, 11) is -3.29. The maximum Gasteiger partial charge on any atom is 0.279 e. The fraction of sp³-hybridized carbons (Fsp3) is 1.00. The molecule has 2 aliphatic heterocycles. The highest BCUT2D eigenvalue weighted by atomic mass is 32.2. The monoisotopic (exact) mass is 289 g/mol. The van der Waals surface area contributed by atoms with Crippen molar-refractivity contribution in [3.05, 3.63) is 0 Å². The molecule has 2 fully saturated rings. The van der Waals surface area contributed by atoms with E-state index in [1.165, 1.54) is 6.42 Å². The first-order chi connectivity index (χ1) is 8.92. The number of hydrogen-bond acceptors (Lipinski definition) is 3. The van der Waals surface area contributed by atoms with Gasteiger partial charge < -0.3 is 5.32 Å². The molecule has 1 unspecified atom stereocenters. The molecule has 1 atom stereocenters. The fourth-order valence-electron chi connectivity index (χ4n) is 3.00. The molecule has 0 bridgehead atoms. The summed E-state index contributed by atoms with van der Waals surface area (Å²) in [6.45, 7) is 7.22. The Labute approximate surface area is 117 Å². The lowest BCUT2D eigenvalue weighted by molar-refractivity contribution is 0.181. The molecule has 0 spiro atoms. The number of piperidine rings is 2. The Hall–Kier alpha value is -0.170. The van der Waals surface area contributed by atoms with Gasteiger partial charge in [0, 0.05) is 25.7 Å². The minimum Gasteiger partial charge on any atom is -0.312 e. The molecular formula is C13H27N3O2S. The van der Waals surface area contributed by atoms with Crippen LogP contribution in [0.2, 0.25) is 0 Å². The molecule has 2 N–H and O–H groups in total. The highest BCUT2D eigenvalue weighted by Crippen LogP contribution is 2.29. The van der Waals surface area contributed by atoms with Crippen molar-refractivity contribution in [3.8, 4) is 0 Å². The van der Waals surface area contributed by atoms with Gasteiger partial charge in [0.1, 0.15) is 0 Å². The van der Waals surface area contributed by atoms with Crippen molar-refractivity contribution in [1.29, 1.82) is 0 Å². The zero-order valence-corrected chi connectivity index (χ0v) is 12.9. The first kappa shape index (κ1) is 15.2. The molecule has 0 aromatic heterocycles. The van der Waals surface area contributed by atoms with Gasteiger partial charge in [-0.1, -0.05) is 20.3 Å². The summed E-state index contributed by atoms with van der Waals surface area (Å²) in [5, 5.41) is 3.44. The van der Waals surface area contributed by atoms with E-state index in [1.807, 2.05) is 0 Å². The fourth-order valence-corrected chi connectivity index (χ4v) is 4.30. The van der Waals surface area contributed by atoms with Crippen molar-refractivity contribution >= 4 is 10.2 Å². The maximum atomic E-state index is 12.2. The number of rotatable bonds is 4. The van der Waals surface area contributed by atoms with Gasteiger partial charge in [-0.05, 0) is 37.6 Å². The Morgan fingerprint density at radius 3 is 2.53 bits per heavy atom. The third-order valence-corrected chi connectivity index (χ3v) is 6.03. The average molecular weight is 289 g/mol. The summed E-state index contributed by atoms with van der Waals surface area (Å²) in [5.74, 6) is 0. The number of nitrogens with one attached hydrogen (secondary N) is 2. The summed E-state index contributed by atoms with van der Waals surface area (Å²) >= 11 is 0. The molecule has 0 radical (unpaired) electrons. The van der Waals surface area contributed by atoms with E-state index < -0.39 is 10.2 Å². The van der Waals surface area contributed by atoms with Crippen LogP contribution in [0.25, 0.3) is 0 Å². The summed E-state index contributed by atoms with van der Waals surface area (Å²) in [4.78, 5) is 0. The molecule has 19 heavy (non-hydrogen) atoms. The van der Waals surface area contributed by atoms with E-state index in [0.29, 0.717) is 19.6 Å². The van der Waals surface area contributed by atoms with E-state index in [9.17, 15) is 8.42 Å². The molecule has 0 aromatic rings. The summed E-state index contributed by atoms with van der Waals surface area (Å²) in [6, 6.07) is 0.223. The molecule has 112 valence electrons. The van der Waals surface area contributed by atoms with Crippen LogP contribution in [-0.2, 0) is 10.2 Å². The number of hydrogen-bond donors (Lipinski definition) is 2. The second-order valence-electron chi connectivity index (χ2n) is 6.41. The van der Waals surface area contributed by atoms with Gasteiger partial charge in [0.2, 0.25) is 0 Å². The SMILES string of the molecule is CC1(C)CCCNC1CNS(=O)(=O)N1CCCCC1. The largest absolute Gasteiger partial charge is 0.312 e. The summed E-state index contributed by atoms with van der Waals surface area (Å²) < 4.78 is 28.8. The highest BCUT2D eigenvalue weighted by Gasteiger charge is 2.33. The van der Waals surface area contributed by atoms with E-state index in [-0.39, 0.29) is 11.5 Å². The molecule has 0 aliphatic carbocycles. The van der Waals surface area contributed by atoms with Crippen LogP contribution in [0.4, 0.5) is 0 Å². The quantitative estimate of drug-likeness (QED) is 0.814. The molecule has 6 heteroatoms. The van der Waals surface area contributed by atoms with E-state index in [1.54, 1.807) is 4.31 Å². The van der Waals surface area contributed by atoms with Gasteiger partial charge in [0.05, 0.1) is 0 Å². The van der Waals surface area contributed by atoms with E-state index in [4.69, 9.17) is 0 Å². The molecule has 2 rings (SSSR count). The van der Waals surface area contributed by atoms with Gasteiger partial charge in [-0.15, -0.1) is 0 Å². The lowest BCUT2D eigenvalue weighted by Crippen LogP contribution is -2.54. The van der Waals surface area contributed by atoms with Crippen molar-refractivity contribution in [2.24, 2.45) is 5.41 Å². The third-order valence-electron chi connectivity index (χ3n) is 4.46. The standard InChI is InChI=1S/C13H27N3O2S/c1-13(2)7-6-8-14-12(13)11-15-19(17,18)16-9-4-3-5-10-16/h12,14-15H,3-11H2,1-2H3. The normalized spacial score (nSPS) is 29.3. The Bertz CT molecular complexity index is 389. The van der Waals surface area contributed by atoms with Gasteiger partial charge in [-0.25, -0.2) is 4.72 Å². The van der Waals surface area contributed by atoms with Gasteiger partial charge in [0.15, 0.2) is 0 Å². The molecule has 2 saturated heterocycles. The van der Waals surface area contributed by atoms with E-state index in [2.05, 4.69) is 23.9 Å². The molecule has 2 heterocycles. The minimum atomic E-state index is -3.29. The Morgan fingerprint density at radius 2 is 1.89 bits per heavy atom. The molecule has 2 aliphatic rings. The molecule has 0 amide bonds. The van der Waals surface area contributed by atoms with Gasteiger partial charge in [0.25, 0.3) is 10.2 Å². The van der Waals surface area contributed by atoms with Crippen LogP contribution in [-0.4, -0.2) is 44.9 Å². The Balaban J connectivity index is 1.89. The smallest absolute Gasteiger partial charge is 0.279 e. The second kappa shape index (κ2) is 6.08. The van der Waals surface area contributed by atoms with E-state index in [0.717, 1.165) is 32.2 Å². The molecular weight excluding hydrogens is 262 g/mol. The second-order valence-corrected chi connectivity index (χ2v) is 8.17. The summed E-state index contributed by atoms with van der Waals surface area (Å²) in [5.41, 5.74) is 0.155. The molecule has 0 saturated carbocycles. The zero-order chi connectivity index (χ0) is 13.9. The van der Waals surface area contributed by atoms with Crippen LogP contribution in [0.15, 0.2) is 0 Å². The van der Waals surface area contributed by atoms with Crippen LogP contribution in [0.1, 0.15) is 46.0 Å². The average Bonchev–Trinajstić information content (AvgIpc) is 2.38. The third kappa shape index (κ3) is 3.90. The van der Waals surface area contributed by atoms with Crippen LogP contribution in [0.3, 0.4) is 0 Å². The Morgan fingerprint density at radius 1 is 1.21 bits per heavy atom. The number of nitrogens with zero attached hydrogens (tertiary/aromatic N) is 1. The summed E-state index contributed by atoms with van der Waals surface area (Å²) in [6.07, 6.45) is 5.42. The van der Waals surface area contributed by atoms with Crippen molar-refractivity contribution in [1.82, 2.24) is 14.3 Å². The van der Waals surface area contributed by atoms with Crippen molar-refractivity contribution < 1.29 is 8.42 Å². The first-order valence-electron chi connectivity index (χ1n) is 7.40. The van der Waals surface area contributed by atoms with E-state index >= 15 is 0 Å². The minimum absolute atomic E-state index is 0.155. The predicted molar refractivity (Wildman–Crippen MR) is 77.2 cm³/mol. The van der Waals surface area contributed by atoms with Gasteiger partial charge in [-0.3, -0.25) is 0 Å². The molecule has 5 nitrogen and oxygen atoms in total. The van der Waals surface area contributed by atoms with Crippen molar-refractivity contribution in [2.45, 2.75) is 52.0 Å². The van der Waals surface area contributed by atoms with Crippen molar-refractivity contribution in [2.75, 3.05) is 26.2 Å². The predicted octanol–water partition coefficient (Wildman–Crippen LogP) is 1.08. The first-order valence-corrected chi connectivity index (χ1v) is 8.84. The van der Waals surface area contributed by atoms with Crippen LogP contribution >= 0.6 is 0 Å². The van der Waals surface area contributed by atoms with Crippen LogP contribution in [0, 0.1) is 5.41 Å². The lowest BCUT2D eigenvalue weighted by atomic mass is 9.78. The zero-order valence-electron chi connectivity index (χ0n) is 12.1. The van der Waals surface area contributed by atoms with Crippen LogP contribution in [0.5, 0.6) is 0 Å². The highest BCUT2D eigenvalue weighted by molar-refractivity contribution is 7.87. The topological polar surface area (TPSA) is 61.4 Å². The maximum absolute atomic E-state index is 12.2. The van der Waals surface area contributed by atoms with Gasteiger partial charge in [-0.2, -0.15) is 12.7 Å². The van der Waals surface area contributed by atoms with Crippen LogP contribution < -0.4 is 10.0 Å². The van der Waals surface area contributed by atoms with Gasteiger partial charge >= 0.3 is 0 Å². The Kier molecular flexibility index (Phi) is 4.87.